The van der Waals surface area contributed by atoms with Gasteiger partial charge in [-0.15, -0.1) is 0 Å². The molecule has 122 valence electrons. The molecule has 0 spiro atoms. The van der Waals surface area contributed by atoms with Crippen molar-refractivity contribution in [3.8, 4) is 0 Å². The van der Waals surface area contributed by atoms with Gasteiger partial charge in [0.1, 0.15) is 0 Å². The van der Waals surface area contributed by atoms with E-state index < -0.39 is 23.5 Å². The second-order valence-electron chi connectivity index (χ2n) is 5.32. The van der Waals surface area contributed by atoms with Gasteiger partial charge in [-0.1, -0.05) is 17.2 Å². The summed E-state index contributed by atoms with van der Waals surface area (Å²) in [6, 6.07) is 6.22. The molecule has 2 heterocycles. The number of benzene rings is 1. The van der Waals surface area contributed by atoms with Crippen LogP contribution in [0.1, 0.15) is 37.7 Å². The summed E-state index contributed by atoms with van der Waals surface area (Å²) in [5.41, 5.74) is 1.21. The zero-order chi connectivity index (χ0) is 17.4. The Balaban J connectivity index is 1.79. The topological polar surface area (TPSA) is 109 Å². The monoisotopic (exact) mass is 327 g/mol. The highest BCUT2D eigenvalue weighted by Crippen LogP contribution is 2.23. The number of nitrogens with zero attached hydrogens (tertiary/aromatic N) is 2. The molecular weight excluding hydrogens is 314 g/mol. The van der Waals surface area contributed by atoms with Crippen molar-refractivity contribution in [3.05, 3.63) is 62.8 Å². The molecular formula is C16H13N3O5. The lowest BCUT2D eigenvalue weighted by atomic mass is 10.1. The summed E-state index contributed by atoms with van der Waals surface area (Å²) in [5.74, 6) is -2.17. The molecule has 3 rings (SSSR count). The van der Waals surface area contributed by atoms with E-state index in [1.807, 2.05) is 0 Å². The van der Waals surface area contributed by atoms with Crippen molar-refractivity contribution in [3.63, 3.8) is 0 Å². The molecule has 0 radical (unpaired) electrons. The summed E-state index contributed by atoms with van der Waals surface area (Å²) in [4.78, 5) is 58.8. The number of nitrogens with one attached hydrogen (secondary N) is 1. The van der Waals surface area contributed by atoms with Crippen molar-refractivity contribution in [1.29, 1.82) is 0 Å². The highest BCUT2D eigenvalue weighted by Gasteiger charge is 2.38. The van der Waals surface area contributed by atoms with Crippen molar-refractivity contribution in [2.45, 2.75) is 20.3 Å². The Labute approximate surface area is 136 Å². The Kier molecular flexibility index (Phi) is 3.72. The number of carbonyl (C=O) groups is 3. The molecule has 0 fully saturated rings. The summed E-state index contributed by atoms with van der Waals surface area (Å²) in [6.07, 6.45) is -0.227. The SMILES string of the molecule is Cc1nc(=O)[nH]c(C)c1CC(=O)ON1C(=O)c2ccccc2C1=O. The minimum Gasteiger partial charge on any atom is -0.329 e. The van der Waals surface area contributed by atoms with E-state index in [1.165, 1.54) is 12.1 Å². The predicted octanol–water partition coefficient (Wildman–Crippen LogP) is 0.684. The van der Waals surface area contributed by atoms with Crippen LogP contribution in [-0.2, 0) is 16.1 Å². The summed E-state index contributed by atoms with van der Waals surface area (Å²) in [5, 5.41) is 0.455. The van der Waals surface area contributed by atoms with Crippen molar-refractivity contribution in [2.24, 2.45) is 0 Å². The van der Waals surface area contributed by atoms with Crippen molar-refractivity contribution in [1.82, 2.24) is 15.0 Å². The van der Waals surface area contributed by atoms with Crippen LogP contribution in [0.4, 0.5) is 0 Å². The smallest absolute Gasteiger partial charge is 0.329 e. The highest BCUT2D eigenvalue weighted by atomic mass is 16.7. The van der Waals surface area contributed by atoms with Gasteiger partial charge < -0.3 is 9.82 Å². The molecule has 1 N–H and O–H groups in total. The molecule has 24 heavy (non-hydrogen) atoms. The van der Waals surface area contributed by atoms with E-state index in [4.69, 9.17) is 4.84 Å². The van der Waals surface area contributed by atoms with E-state index in [-0.39, 0.29) is 17.5 Å². The van der Waals surface area contributed by atoms with Crippen LogP contribution in [0.3, 0.4) is 0 Å². The third-order valence-corrected chi connectivity index (χ3v) is 3.72. The lowest BCUT2D eigenvalue weighted by Crippen LogP contribution is -2.33. The maximum absolute atomic E-state index is 12.1. The number of rotatable bonds is 3. The van der Waals surface area contributed by atoms with Gasteiger partial charge in [-0.2, -0.15) is 4.98 Å². The first-order valence-corrected chi connectivity index (χ1v) is 7.13. The van der Waals surface area contributed by atoms with Gasteiger partial charge in [0.15, 0.2) is 0 Å². The summed E-state index contributed by atoms with van der Waals surface area (Å²) in [6.45, 7) is 3.22. The molecule has 2 amide bonds. The quantitative estimate of drug-likeness (QED) is 0.830. The van der Waals surface area contributed by atoms with E-state index >= 15 is 0 Å². The van der Waals surface area contributed by atoms with Gasteiger partial charge in [-0.25, -0.2) is 9.59 Å². The third-order valence-electron chi connectivity index (χ3n) is 3.72. The molecule has 8 heteroatoms. The maximum atomic E-state index is 12.1. The van der Waals surface area contributed by atoms with E-state index in [0.717, 1.165) is 0 Å². The summed E-state index contributed by atoms with van der Waals surface area (Å²) in [7, 11) is 0. The fourth-order valence-corrected chi connectivity index (χ4v) is 2.54. The first-order valence-electron chi connectivity index (χ1n) is 7.13. The molecule has 0 unspecified atom stereocenters. The van der Waals surface area contributed by atoms with Gasteiger partial charge in [-0.3, -0.25) is 9.59 Å². The molecule has 0 saturated heterocycles. The molecule has 0 aliphatic carbocycles. The number of fused-ring (bicyclic) bond motifs is 1. The number of carbonyl (C=O) groups excluding carboxylic acids is 3. The van der Waals surface area contributed by atoms with Crippen LogP contribution >= 0.6 is 0 Å². The molecule has 1 aromatic carbocycles. The van der Waals surface area contributed by atoms with Gasteiger partial charge in [0.05, 0.1) is 17.5 Å². The zero-order valence-electron chi connectivity index (χ0n) is 13.0. The normalized spacial score (nSPS) is 13.2. The Bertz CT molecular complexity index is 870. The highest BCUT2D eigenvalue weighted by molar-refractivity contribution is 6.20. The molecule has 2 aromatic rings. The van der Waals surface area contributed by atoms with Crippen molar-refractivity contribution in [2.75, 3.05) is 0 Å². The summed E-state index contributed by atoms with van der Waals surface area (Å²) >= 11 is 0. The average molecular weight is 327 g/mol. The van der Waals surface area contributed by atoms with Crippen LogP contribution in [0.2, 0.25) is 0 Å². The largest absolute Gasteiger partial charge is 0.345 e. The molecule has 1 aliphatic rings. The number of amides is 2. The van der Waals surface area contributed by atoms with Crippen LogP contribution in [0.15, 0.2) is 29.1 Å². The minimum absolute atomic E-state index is 0.188. The Hall–Kier alpha value is -3.29. The van der Waals surface area contributed by atoms with Crippen LogP contribution < -0.4 is 5.69 Å². The van der Waals surface area contributed by atoms with Gasteiger partial charge in [0, 0.05) is 17.0 Å². The molecule has 0 bridgehead atoms. The van der Waals surface area contributed by atoms with E-state index in [0.29, 0.717) is 22.0 Å². The third kappa shape index (κ3) is 2.58. The maximum Gasteiger partial charge on any atom is 0.345 e. The number of aromatic amines is 1. The van der Waals surface area contributed by atoms with Crippen molar-refractivity contribution < 1.29 is 19.2 Å². The second-order valence-corrected chi connectivity index (χ2v) is 5.32. The van der Waals surface area contributed by atoms with Gasteiger partial charge in [0.25, 0.3) is 11.8 Å². The fourth-order valence-electron chi connectivity index (χ4n) is 2.54. The number of aryl methyl sites for hydroxylation is 2. The van der Waals surface area contributed by atoms with E-state index in [1.54, 1.807) is 26.0 Å². The van der Waals surface area contributed by atoms with Gasteiger partial charge >= 0.3 is 11.7 Å². The Morgan fingerprint density at radius 2 is 1.71 bits per heavy atom. The second kappa shape index (κ2) is 5.73. The molecule has 1 aromatic heterocycles. The molecule has 1 aliphatic heterocycles. The van der Waals surface area contributed by atoms with Gasteiger partial charge in [-0.05, 0) is 26.0 Å². The lowest BCUT2D eigenvalue weighted by Gasteiger charge is -2.13. The summed E-state index contributed by atoms with van der Waals surface area (Å²) < 4.78 is 0. The Morgan fingerprint density at radius 1 is 1.12 bits per heavy atom. The van der Waals surface area contributed by atoms with Crippen LogP contribution in [0.5, 0.6) is 0 Å². The molecule has 8 nitrogen and oxygen atoms in total. The number of H-pyrrole nitrogens is 1. The van der Waals surface area contributed by atoms with Gasteiger partial charge in [0.2, 0.25) is 0 Å². The predicted molar refractivity (Wildman–Crippen MR) is 81.1 cm³/mol. The first kappa shape index (κ1) is 15.6. The zero-order valence-corrected chi connectivity index (χ0v) is 13.0. The van der Waals surface area contributed by atoms with Crippen LogP contribution in [0.25, 0.3) is 0 Å². The van der Waals surface area contributed by atoms with E-state index in [2.05, 4.69) is 9.97 Å². The Morgan fingerprint density at radius 3 is 2.25 bits per heavy atom. The van der Waals surface area contributed by atoms with E-state index in [9.17, 15) is 19.2 Å². The number of imide groups is 1. The lowest BCUT2D eigenvalue weighted by molar-refractivity contribution is -0.167. The first-order chi connectivity index (χ1) is 11.4. The van der Waals surface area contributed by atoms with Crippen LogP contribution in [-0.4, -0.2) is 32.8 Å². The number of hydroxylamine groups is 2. The number of hydrogen-bond acceptors (Lipinski definition) is 6. The van der Waals surface area contributed by atoms with Crippen LogP contribution in [0, 0.1) is 13.8 Å². The number of hydrogen-bond donors (Lipinski definition) is 1. The number of aromatic nitrogens is 2. The minimum atomic E-state index is -0.801. The van der Waals surface area contributed by atoms with Crippen molar-refractivity contribution >= 4 is 17.8 Å². The molecule has 0 saturated carbocycles. The average Bonchev–Trinajstić information content (AvgIpc) is 2.76. The molecule has 0 atom stereocenters. The standard InChI is InChI=1S/C16H13N3O5/c1-8-12(9(2)18-16(23)17-8)7-13(20)24-19-14(21)10-5-3-4-6-11(10)15(19)22/h3-6H,7H2,1-2H3,(H,17,18,23). The fraction of sp³-hybridized carbons (Fsp3) is 0.188.